The molecule has 0 aliphatic rings. The van der Waals surface area contributed by atoms with Gasteiger partial charge in [0, 0.05) is 0 Å². The Morgan fingerprint density at radius 3 is 2.00 bits per heavy atom. The van der Waals surface area contributed by atoms with Crippen molar-refractivity contribution in [3.63, 3.8) is 0 Å². The van der Waals surface area contributed by atoms with E-state index in [4.69, 9.17) is 5.11 Å². The molecule has 0 aliphatic heterocycles. The first-order chi connectivity index (χ1) is 4.81. The highest BCUT2D eigenvalue weighted by atomic mass is 79.9. The second-order valence-electron chi connectivity index (χ2n) is 1.71. The Hall–Kier alpha value is -0.100. The molecule has 0 fully saturated rings. The average Bonchev–Trinajstić information content (AvgIpc) is 1.81. The fourth-order valence-corrected chi connectivity index (χ4v) is 0.427. The van der Waals surface area contributed by atoms with E-state index in [0.717, 1.165) is 0 Å². The zero-order valence-corrected chi connectivity index (χ0v) is 6.78. The van der Waals surface area contributed by atoms with Crippen LogP contribution in [0.4, 0.5) is 17.6 Å². The van der Waals surface area contributed by atoms with Crippen molar-refractivity contribution >= 4 is 15.9 Å². The summed E-state index contributed by atoms with van der Waals surface area (Å²) in [5.41, 5.74) is 0. The molecular formula is C5H5BrF4O. The van der Waals surface area contributed by atoms with Crippen molar-refractivity contribution in [2.75, 3.05) is 6.61 Å². The lowest BCUT2D eigenvalue weighted by Gasteiger charge is -2.16. The van der Waals surface area contributed by atoms with Gasteiger partial charge in [-0.15, -0.1) is 0 Å². The van der Waals surface area contributed by atoms with Gasteiger partial charge in [-0.2, -0.15) is 17.6 Å². The fourth-order valence-electron chi connectivity index (χ4n) is 0.295. The lowest BCUT2D eigenvalue weighted by atomic mass is 10.3. The van der Waals surface area contributed by atoms with Gasteiger partial charge in [-0.3, -0.25) is 0 Å². The minimum atomic E-state index is -4.27. The number of halogens is 5. The number of hydrogen-bond acceptors (Lipinski definition) is 1. The van der Waals surface area contributed by atoms with Crippen LogP contribution in [0.15, 0.2) is 12.2 Å². The van der Waals surface area contributed by atoms with Crippen molar-refractivity contribution in [3.8, 4) is 0 Å². The Kier molecular flexibility index (Phi) is 3.50. The average molecular weight is 237 g/mol. The Bertz CT molecular complexity index is 151. The standard InChI is InChI=1S/C5H5BrF4O/c6-5(9,10)4(7,8)2-1-3-11/h1-2,11H,3H2. The summed E-state index contributed by atoms with van der Waals surface area (Å²) in [6.07, 6.45) is 0.497. The summed E-state index contributed by atoms with van der Waals surface area (Å²) < 4.78 is 48.0. The quantitative estimate of drug-likeness (QED) is 0.453. The zero-order chi connectivity index (χ0) is 9.12. The first-order valence-electron chi connectivity index (χ1n) is 2.54. The normalized spacial score (nSPS) is 14.4. The van der Waals surface area contributed by atoms with Crippen molar-refractivity contribution in [1.29, 1.82) is 0 Å². The molecule has 0 saturated heterocycles. The van der Waals surface area contributed by atoms with Gasteiger partial charge in [-0.25, -0.2) is 0 Å². The van der Waals surface area contributed by atoms with Crippen LogP contribution in [0.3, 0.4) is 0 Å². The number of hydrogen-bond donors (Lipinski definition) is 1. The van der Waals surface area contributed by atoms with Crippen molar-refractivity contribution in [2.24, 2.45) is 0 Å². The lowest BCUT2D eigenvalue weighted by Crippen LogP contribution is -2.32. The van der Waals surface area contributed by atoms with Crippen LogP contribution in [0.1, 0.15) is 0 Å². The molecule has 0 atom stereocenters. The van der Waals surface area contributed by atoms with Crippen LogP contribution < -0.4 is 0 Å². The summed E-state index contributed by atoms with van der Waals surface area (Å²) in [5.74, 6) is -4.27. The molecule has 0 bridgehead atoms. The van der Waals surface area contributed by atoms with Crippen LogP contribution in [0.2, 0.25) is 0 Å². The van der Waals surface area contributed by atoms with Crippen molar-refractivity contribution in [3.05, 3.63) is 12.2 Å². The lowest BCUT2D eigenvalue weighted by molar-refractivity contribution is -0.111. The molecule has 66 valence electrons. The number of allylic oxidation sites excluding steroid dienone is 1. The minimum Gasteiger partial charge on any atom is -0.392 e. The molecule has 1 N–H and O–H groups in total. The number of aliphatic hydroxyl groups is 1. The van der Waals surface area contributed by atoms with Gasteiger partial charge in [0.05, 0.1) is 6.61 Å². The van der Waals surface area contributed by atoms with E-state index in [1.165, 1.54) is 15.9 Å². The fraction of sp³-hybridized carbons (Fsp3) is 0.600. The molecule has 0 unspecified atom stereocenters. The van der Waals surface area contributed by atoms with E-state index >= 15 is 0 Å². The zero-order valence-electron chi connectivity index (χ0n) is 5.20. The van der Waals surface area contributed by atoms with Crippen LogP contribution in [-0.2, 0) is 0 Å². The van der Waals surface area contributed by atoms with Gasteiger partial charge in [0.25, 0.3) is 0 Å². The van der Waals surface area contributed by atoms with Gasteiger partial charge >= 0.3 is 10.8 Å². The topological polar surface area (TPSA) is 20.2 Å². The molecule has 0 aromatic rings. The van der Waals surface area contributed by atoms with Crippen LogP contribution in [0.25, 0.3) is 0 Å². The van der Waals surface area contributed by atoms with Crippen LogP contribution in [-0.4, -0.2) is 22.5 Å². The predicted molar refractivity (Wildman–Crippen MR) is 35.0 cm³/mol. The van der Waals surface area contributed by atoms with Gasteiger partial charge < -0.3 is 5.11 Å². The number of alkyl halides is 5. The van der Waals surface area contributed by atoms with E-state index in [1.807, 2.05) is 0 Å². The molecule has 0 amide bonds. The number of aliphatic hydroxyl groups excluding tert-OH is 1. The molecule has 0 aliphatic carbocycles. The summed E-state index contributed by atoms with van der Waals surface area (Å²) in [6.45, 7) is -0.696. The summed E-state index contributed by atoms with van der Waals surface area (Å²) in [4.78, 5) is -4.27. The summed E-state index contributed by atoms with van der Waals surface area (Å²) in [7, 11) is 0. The van der Waals surface area contributed by atoms with Gasteiger partial charge in [0.15, 0.2) is 0 Å². The van der Waals surface area contributed by atoms with E-state index < -0.39 is 17.4 Å². The molecule has 0 aromatic carbocycles. The van der Waals surface area contributed by atoms with E-state index in [-0.39, 0.29) is 6.08 Å². The van der Waals surface area contributed by atoms with Gasteiger partial charge in [0.1, 0.15) is 0 Å². The maximum atomic E-state index is 12.1. The van der Waals surface area contributed by atoms with E-state index in [2.05, 4.69) is 0 Å². The molecule has 0 aromatic heterocycles. The maximum Gasteiger partial charge on any atom is 0.367 e. The van der Waals surface area contributed by atoms with E-state index in [0.29, 0.717) is 6.08 Å². The van der Waals surface area contributed by atoms with Crippen molar-refractivity contribution < 1.29 is 22.7 Å². The molecule has 1 nitrogen and oxygen atoms in total. The first kappa shape index (κ1) is 10.9. The molecule has 6 heteroatoms. The second-order valence-corrected chi connectivity index (χ2v) is 2.70. The Labute approximate surface area is 68.8 Å². The SMILES string of the molecule is OCC=CC(F)(F)C(F)(F)Br. The first-order valence-corrected chi connectivity index (χ1v) is 3.33. The third-order valence-corrected chi connectivity index (χ3v) is 1.34. The molecule has 0 heterocycles. The molecular weight excluding hydrogens is 232 g/mol. The van der Waals surface area contributed by atoms with Crippen LogP contribution in [0, 0.1) is 0 Å². The van der Waals surface area contributed by atoms with Crippen LogP contribution in [0.5, 0.6) is 0 Å². The maximum absolute atomic E-state index is 12.1. The summed E-state index contributed by atoms with van der Waals surface area (Å²) in [5, 5.41) is 8.01. The molecule has 0 radical (unpaired) electrons. The Morgan fingerprint density at radius 1 is 1.27 bits per heavy atom. The molecule has 0 spiro atoms. The largest absolute Gasteiger partial charge is 0.392 e. The highest BCUT2D eigenvalue weighted by Gasteiger charge is 2.51. The third-order valence-electron chi connectivity index (χ3n) is 0.811. The molecule has 11 heavy (non-hydrogen) atoms. The van der Waals surface area contributed by atoms with Gasteiger partial charge in [-0.1, -0.05) is 6.08 Å². The molecule has 0 saturated carbocycles. The second kappa shape index (κ2) is 3.53. The third kappa shape index (κ3) is 3.20. The van der Waals surface area contributed by atoms with E-state index in [9.17, 15) is 17.6 Å². The number of rotatable bonds is 3. The monoisotopic (exact) mass is 236 g/mol. The minimum absolute atomic E-state index is 0.0538. The smallest absolute Gasteiger partial charge is 0.367 e. The Morgan fingerprint density at radius 2 is 1.73 bits per heavy atom. The van der Waals surface area contributed by atoms with E-state index in [1.54, 1.807) is 0 Å². The van der Waals surface area contributed by atoms with Crippen LogP contribution >= 0.6 is 15.9 Å². The Balaban J connectivity index is 4.34. The van der Waals surface area contributed by atoms with Gasteiger partial charge in [-0.05, 0) is 22.0 Å². The molecule has 0 rings (SSSR count). The van der Waals surface area contributed by atoms with Gasteiger partial charge in [0.2, 0.25) is 0 Å². The highest BCUT2D eigenvalue weighted by Crippen LogP contribution is 2.40. The summed E-state index contributed by atoms with van der Waals surface area (Å²) >= 11 is 1.51. The van der Waals surface area contributed by atoms with Crippen molar-refractivity contribution in [1.82, 2.24) is 0 Å². The predicted octanol–water partition coefficient (Wildman–Crippen LogP) is 2.16. The highest BCUT2D eigenvalue weighted by molar-refractivity contribution is 9.10. The van der Waals surface area contributed by atoms with Crippen molar-refractivity contribution in [2.45, 2.75) is 10.8 Å². The summed E-state index contributed by atoms with van der Waals surface area (Å²) in [6, 6.07) is 0.